The maximum atomic E-state index is 13.1. The fraction of sp³-hybridized carbons (Fsp3) is 0.304. The molecule has 0 aliphatic carbocycles. The largest absolute Gasteiger partial charge is 0.340 e. The van der Waals surface area contributed by atoms with E-state index in [-0.39, 0.29) is 24.2 Å². The van der Waals surface area contributed by atoms with Gasteiger partial charge in [-0.3, -0.25) is 4.79 Å². The van der Waals surface area contributed by atoms with Crippen LogP contribution in [-0.2, 0) is 14.8 Å². The molecule has 2 atom stereocenters. The highest BCUT2D eigenvalue weighted by Crippen LogP contribution is 2.29. The minimum Gasteiger partial charge on any atom is -0.340 e. The van der Waals surface area contributed by atoms with Gasteiger partial charge in [0, 0.05) is 17.6 Å². The Kier molecular flexibility index (Phi) is 6.11. The summed E-state index contributed by atoms with van der Waals surface area (Å²) in [5.74, 6) is 0.563. The summed E-state index contributed by atoms with van der Waals surface area (Å²) in [7, 11) is -3.42. The topological polar surface area (TPSA) is 78.8 Å². The quantitative estimate of drug-likeness (QED) is 0.715. The van der Waals surface area contributed by atoms with E-state index in [2.05, 4.69) is 47.8 Å². The molecule has 1 aromatic heterocycles. The van der Waals surface area contributed by atoms with Crippen molar-refractivity contribution in [1.82, 2.24) is 10.2 Å². The van der Waals surface area contributed by atoms with Crippen LogP contribution in [0.5, 0.6) is 0 Å². The average Bonchev–Trinajstić information content (AvgIpc) is 3.30. The molecule has 1 N–H and O–H groups in total. The Labute approximate surface area is 187 Å². The molecule has 2 aliphatic rings. The first kappa shape index (κ1) is 21.5. The number of amidine groups is 1. The SMILES string of the molecule is CCC(C)c1ccc(C(NC(=O)C2=CN3CCS(=O)(=O)N=C3C=C2)c2cccs2)cc1. The third-order valence-corrected chi connectivity index (χ3v) is 7.74. The predicted octanol–water partition coefficient (Wildman–Crippen LogP) is 3.96. The Bertz CT molecular complexity index is 1150. The highest BCUT2D eigenvalue weighted by molar-refractivity contribution is 7.90. The lowest BCUT2D eigenvalue weighted by molar-refractivity contribution is -0.117. The van der Waals surface area contributed by atoms with Crippen LogP contribution < -0.4 is 5.32 Å². The van der Waals surface area contributed by atoms with Gasteiger partial charge in [-0.1, -0.05) is 44.2 Å². The van der Waals surface area contributed by atoms with Crippen LogP contribution in [0, 0.1) is 0 Å². The number of hydrogen-bond acceptors (Lipinski definition) is 5. The molecule has 1 amide bonds. The normalized spacial score (nSPS) is 19.1. The van der Waals surface area contributed by atoms with Crippen LogP contribution in [0.25, 0.3) is 0 Å². The fourth-order valence-corrected chi connectivity index (χ4v) is 5.35. The van der Waals surface area contributed by atoms with Gasteiger partial charge in [0.05, 0.1) is 17.4 Å². The van der Waals surface area contributed by atoms with E-state index < -0.39 is 10.0 Å². The molecular weight excluding hydrogens is 430 g/mol. The monoisotopic (exact) mass is 455 g/mol. The van der Waals surface area contributed by atoms with Crippen molar-refractivity contribution in [3.63, 3.8) is 0 Å². The summed E-state index contributed by atoms with van der Waals surface area (Å²) in [5.41, 5.74) is 2.78. The van der Waals surface area contributed by atoms with Crippen molar-refractivity contribution < 1.29 is 13.2 Å². The van der Waals surface area contributed by atoms with Crippen LogP contribution in [0.15, 0.2) is 70.1 Å². The van der Waals surface area contributed by atoms with Crippen molar-refractivity contribution in [3.05, 3.63) is 81.7 Å². The molecule has 0 saturated heterocycles. The van der Waals surface area contributed by atoms with Crippen molar-refractivity contribution in [2.24, 2.45) is 4.40 Å². The van der Waals surface area contributed by atoms with Gasteiger partial charge in [0.2, 0.25) is 0 Å². The standard InChI is InChI=1S/C23H25N3O3S2/c1-3-16(2)17-6-8-18(9-7-17)22(20-5-4-13-30-20)24-23(27)19-10-11-21-25-31(28,29)14-12-26(21)15-19/h4-11,13,15-16,22H,3,12,14H2,1-2H3,(H,24,27). The van der Waals surface area contributed by atoms with Crippen molar-refractivity contribution in [3.8, 4) is 0 Å². The summed E-state index contributed by atoms with van der Waals surface area (Å²) < 4.78 is 27.1. The van der Waals surface area contributed by atoms with E-state index >= 15 is 0 Å². The van der Waals surface area contributed by atoms with E-state index in [1.165, 1.54) is 5.56 Å². The summed E-state index contributed by atoms with van der Waals surface area (Å²) in [6.45, 7) is 4.67. The Morgan fingerprint density at radius 1 is 1.19 bits per heavy atom. The first-order valence-corrected chi connectivity index (χ1v) is 12.8. The summed E-state index contributed by atoms with van der Waals surface area (Å²) in [6.07, 6.45) is 5.93. The number of carbonyl (C=O) groups excluding carboxylic acids is 1. The van der Waals surface area contributed by atoms with Crippen molar-refractivity contribution in [2.75, 3.05) is 12.3 Å². The number of thiophene rings is 1. The van der Waals surface area contributed by atoms with E-state index in [4.69, 9.17) is 0 Å². The third-order valence-electron chi connectivity index (χ3n) is 5.64. The maximum absolute atomic E-state index is 13.1. The molecule has 3 heterocycles. The lowest BCUT2D eigenvalue weighted by Crippen LogP contribution is -2.38. The number of benzene rings is 1. The summed E-state index contributed by atoms with van der Waals surface area (Å²) in [5, 5.41) is 5.15. The first-order chi connectivity index (χ1) is 14.9. The molecule has 31 heavy (non-hydrogen) atoms. The van der Waals surface area contributed by atoms with Crippen molar-refractivity contribution >= 4 is 33.1 Å². The van der Waals surface area contributed by atoms with Crippen LogP contribution in [0.2, 0.25) is 0 Å². The molecular formula is C23H25N3O3S2. The molecule has 4 rings (SSSR count). The van der Waals surface area contributed by atoms with Gasteiger partial charge < -0.3 is 10.2 Å². The number of nitrogens with zero attached hydrogens (tertiary/aromatic N) is 2. The van der Waals surface area contributed by atoms with Crippen LogP contribution in [-0.4, -0.2) is 37.4 Å². The van der Waals surface area contributed by atoms with E-state index in [1.807, 2.05) is 17.5 Å². The van der Waals surface area contributed by atoms with Gasteiger partial charge in [-0.2, -0.15) is 0 Å². The van der Waals surface area contributed by atoms with Gasteiger partial charge in [-0.25, -0.2) is 8.42 Å². The minimum absolute atomic E-state index is 0.0594. The first-order valence-electron chi connectivity index (χ1n) is 10.3. The van der Waals surface area contributed by atoms with Gasteiger partial charge in [0.15, 0.2) is 0 Å². The fourth-order valence-electron chi connectivity index (χ4n) is 3.58. The molecule has 0 bridgehead atoms. The Morgan fingerprint density at radius 2 is 1.94 bits per heavy atom. The van der Waals surface area contributed by atoms with Gasteiger partial charge >= 0.3 is 0 Å². The minimum atomic E-state index is -3.42. The molecule has 2 aliphatic heterocycles. The zero-order valence-corrected chi connectivity index (χ0v) is 19.1. The molecule has 2 unspecified atom stereocenters. The maximum Gasteiger partial charge on any atom is 0.256 e. The summed E-state index contributed by atoms with van der Waals surface area (Å²) in [4.78, 5) is 15.8. The molecule has 0 fully saturated rings. The molecule has 1 aromatic carbocycles. The summed E-state index contributed by atoms with van der Waals surface area (Å²) in [6, 6.07) is 12.2. The predicted molar refractivity (Wildman–Crippen MR) is 125 cm³/mol. The molecule has 162 valence electrons. The van der Waals surface area contributed by atoms with E-state index in [0.29, 0.717) is 17.3 Å². The Hall–Kier alpha value is -2.71. The number of fused-ring (bicyclic) bond motifs is 1. The molecule has 6 nitrogen and oxygen atoms in total. The van der Waals surface area contributed by atoms with Gasteiger partial charge in [-0.05, 0) is 47.1 Å². The highest BCUT2D eigenvalue weighted by Gasteiger charge is 2.26. The van der Waals surface area contributed by atoms with E-state index in [1.54, 1.807) is 34.6 Å². The number of hydrogen-bond donors (Lipinski definition) is 1. The van der Waals surface area contributed by atoms with Crippen molar-refractivity contribution in [1.29, 1.82) is 0 Å². The average molecular weight is 456 g/mol. The van der Waals surface area contributed by atoms with Crippen LogP contribution >= 0.6 is 11.3 Å². The lowest BCUT2D eigenvalue weighted by Gasteiger charge is -2.27. The number of nitrogens with one attached hydrogen (secondary N) is 1. The highest BCUT2D eigenvalue weighted by atomic mass is 32.2. The second-order valence-electron chi connectivity index (χ2n) is 7.74. The summed E-state index contributed by atoms with van der Waals surface area (Å²) >= 11 is 1.60. The number of amides is 1. The van der Waals surface area contributed by atoms with Gasteiger partial charge in [-0.15, -0.1) is 15.7 Å². The molecule has 0 radical (unpaired) electrons. The third kappa shape index (κ3) is 4.80. The number of carbonyl (C=O) groups is 1. The van der Waals surface area contributed by atoms with Crippen LogP contribution in [0.3, 0.4) is 0 Å². The zero-order chi connectivity index (χ0) is 22.0. The van der Waals surface area contributed by atoms with Crippen molar-refractivity contribution in [2.45, 2.75) is 32.2 Å². The molecule has 8 heteroatoms. The zero-order valence-electron chi connectivity index (χ0n) is 17.5. The van der Waals surface area contributed by atoms with E-state index in [0.717, 1.165) is 16.9 Å². The molecule has 0 spiro atoms. The number of sulfonamides is 1. The van der Waals surface area contributed by atoms with Gasteiger partial charge in [0.1, 0.15) is 5.84 Å². The number of rotatable bonds is 6. The second kappa shape index (κ2) is 8.80. The second-order valence-corrected chi connectivity index (χ2v) is 10.5. The lowest BCUT2D eigenvalue weighted by atomic mass is 9.95. The van der Waals surface area contributed by atoms with Crippen LogP contribution in [0.1, 0.15) is 48.2 Å². The molecule has 2 aromatic rings. The van der Waals surface area contributed by atoms with Gasteiger partial charge in [0.25, 0.3) is 15.9 Å². The Morgan fingerprint density at radius 3 is 2.61 bits per heavy atom. The Balaban J connectivity index is 1.57. The van der Waals surface area contributed by atoms with Crippen LogP contribution in [0.4, 0.5) is 0 Å². The van der Waals surface area contributed by atoms with E-state index in [9.17, 15) is 13.2 Å². The smallest absolute Gasteiger partial charge is 0.256 e. The molecule has 0 saturated carbocycles.